The Bertz CT molecular complexity index is 739. The lowest BCUT2D eigenvalue weighted by Gasteiger charge is -2.31. The molecule has 9 heteroatoms. The Morgan fingerprint density at radius 3 is 2.27 bits per heavy atom. The quantitative estimate of drug-likeness (QED) is 0.615. The van der Waals surface area contributed by atoms with Gasteiger partial charge in [0.05, 0.1) is 11.4 Å². The number of carbonyl (C=O) groups is 2. The van der Waals surface area contributed by atoms with Crippen molar-refractivity contribution in [1.29, 1.82) is 0 Å². The van der Waals surface area contributed by atoms with Crippen LogP contribution in [0.5, 0.6) is 0 Å². The monoisotopic (exact) mass is 382 g/mol. The molecule has 1 aliphatic heterocycles. The number of hydrogen-bond acceptors (Lipinski definition) is 5. The molecule has 1 fully saturated rings. The number of piperidine rings is 1. The molecule has 0 saturated carbocycles. The molecule has 0 spiro atoms. The van der Waals surface area contributed by atoms with Crippen LogP contribution in [0, 0.1) is 0 Å². The molecule has 1 saturated heterocycles. The third kappa shape index (κ3) is 5.79. The van der Waals surface area contributed by atoms with Crippen molar-refractivity contribution in [3.05, 3.63) is 29.8 Å². The third-order valence-electron chi connectivity index (χ3n) is 4.12. The van der Waals surface area contributed by atoms with Gasteiger partial charge in [0.25, 0.3) is 5.91 Å². The number of carbonyl (C=O) groups excluding carboxylic acids is 2. The fraction of sp³-hybridized carbons (Fsp3) is 0.529. The highest BCUT2D eigenvalue weighted by molar-refractivity contribution is 7.89. The minimum Gasteiger partial charge on any atom is -0.369 e. The maximum Gasteiger partial charge on any atom is 0.251 e. The van der Waals surface area contributed by atoms with Crippen LogP contribution in [0.2, 0.25) is 0 Å². The van der Waals surface area contributed by atoms with Crippen molar-refractivity contribution < 1.29 is 18.0 Å². The van der Waals surface area contributed by atoms with E-state index in [1.807, 2.05) is 4.90 Å². The minimum atomic E-state index is -3.57. The highest BCUT2D eigenvalue weighted by Gasteiger charge is 2.22. The van der Waals surface area contributed by atoms with Gasteiger partial charge in [0.15, 0.2) is 0 Å². The number of primary amides is 1. The van der Waals surface area contributed by atoms with E-state index in [0.717, 1.165) is 12.8 Å². The van der Waals surface area contributed by atoms with Gasteiger partial charge >= 0.3 is 0 Å². The number of nitrogens with one attached hydrogen (secondary N) is 2. The molecule has 0 atom stereocenters. The van der Waals surface area contributed by atoms with Gasteiger partial charge in [-0.05, 0) is 51.0 Å². The molecule has 1 aromatic rings. The Morgan fingerprint density at radius 1 is 1.19 bits per heavy atom. The van der Waals surface area contributed by atoms with E-state index in [1.54, 1.807) is 13.8 Å². The van der Waals surface area contributed by atoms with Crippen LogP contribution < -0.4 is 15.8 Å². The van der Waals surface area contributed by atoms with Gasteiger partial charge in [0.2, 0.25) is 15.9 Å². The molecule has 0 bridgehead atoms. The minimum absolute atomic E-state index is 0.0256. The molecule has 0 aliphatic carbocycles. The van der Waals surface area contributed by atoms with E-state index in [-0.39, 0.29) is 35.3 Å². The number of benzene rings is 1. The molecule has 1 heterocycles. The summed E-state index contributed by atoms with van der Waals surface area (Å²) in [5, 5.41) is 2.95. The molecule has 8 nitrogen and oxygen atoms in total. The zero-order valence-electron chi connectivity index (χ0n) is 15.1. The van der Waals surface area contributed by atoms with Gasteiger partial charge in [-0.15, -0.1) is 0 Å². The summed E-state index contributed by atoms with van der Waals surface area (Å²) in [5.74, 6) is -0.589. The third-order valence-corrected chi connectivity index (χ3v) is 5.79. The number of likely N-dealkylation sites (tertiary alicyclic amines) is 1. The van der Waals surface area contributed by atoms with Gasteiger partial charge in [0.1, 0.15) is 0 Å². The van der Waals surface area contributed by atoms with Crippen LogP contribution in [0.3, 0.4) is 0 Å². The molecule has 4 N–H and O–H groups in total. The van der Waals surface area contributed by atoms with Crippen LogP contribution in [0.25, 0.3) is 0 Å². The predicted molar refractivity (Wildman–Crippen MR) is 98.0 cm³/mol. The summed E-state index contributed by atoms with van der Waals surface area (Å²) in [6, 6.07) is 5.68. The van der Waals surface area contributed by atoms with Crippen molar-refractivity contribution >= 4 is 21.8 Å². The number of nitrogens with two attached hydrogens (primary N) is 1. The maximum atomic E-state index is 12.3. The largest absolute Gasteiger partial charge is 0.369 e. The molecule has 2 rings (SSSR count). The predicted octanol–water partition coefficient (Wildman–Crippen LogP) is 0.0528. The lowest BCUT2D eigenvalue weighted by atomic mass is 10.0. The van der Waals surface area contributed by atoms with Crippen LogP contribution in [-0.2, 0) is 14.8 Å². The van der Waals surface area contributed by atoms with Gasteiger partial charge in [-0.25, -0.2) is 13.1 Å². The standard InChI is InChI=1S/C17H26N4O4S/c1-12(2)20-26(24,25)15-5-3-13(4-6-15)17(23)19-14-7-9-21(10-8-14)11-16(18)22/h3-6,12,14,20H,7-11H2,1-2H3,(H2,18,22)(H,19,23). The lowest BCUT2D eigenvalue weighted by molar-refractivity contribution is -0.119. The molecule has 0 radical (unpaired) electrons. The van der Waals surface area contributed by atoms with E-state index < -0.39 is 10.0 Å². The first kappa shape index (κ1) is 20.3. The van der Waals surface area contributed by atoms with E-state index in [4.69, 9.17) is 5.73 Å². The van der Waals surface area contributed by atoms with Crippen LogP contribution in [0.1, 0.15) is 37.0 Å². The maximum absolute atomic E-state index is 12.3. The Labute approximate surface area is 154 Å². The topological polar surface area (TPSA) is 122 Å². The molecule has 2 amide bonds. The first-order chi connectivity index (χ1) is 12.2. The second-order valence-corrected chi connectivity index (χ2v) is 8.50. The van der Waals surface area contributed by atoms with Crippen molar-refractivity contribution in [2.24, 2.45) is 5.73 Å². The number of nitrogens with zero attached hydrogens (tertiary/aromatic N) is 1. The van der Waals surface area contributed by atoms with E-state index in [2.05, 4.69) is 10.0 Å². The van der Waals surface area contributed by atoms with Crippen molar-refractivity contribution in [3.63, 3.8) is 0 Å². The molecule has 0 unspecified atom stereocenters. The highest BCUT2D eigenvalue weighted by Crippen LogP contribution is 2.13. The van der Waals surface area contributed by atoms with Crippen LogP contribution >= 0.6 is 0 Å². The SMILES string of the molecule is CC(C)NS(=O)(=O)c1ccc(C(=O)NC2CCN(CC(N)=O)CC2)cc1. The van der Waals surface area contributed by atoms with Crippen LogP contribution in [-0.4, -0.2) is 56.9 Å². The smallest absolute Gasteiger partial charge is 0.251 e. The van der Waals surface area contributed by atoms with Crippen LogP contribution in [0.15, 0.2) is 29.2 Å². The molecule has 26 heavy (non-hydrogen) atoms. The zero-order chi connectivity index (χ0) is 19.3. The second-order valence-electron chi connectivity index (χ2n) is 6.79. The fourth-order valence-electron chi connectivity index (χ4n) is 2.89. The van der Waals surface area contributed by atoms with Crippen molar-refractivity contribution in [1.82, 2.24) is 14.9 Å². The summed E-state index contributed by atoms with van der Waals surface area (Å²) in [7, 11) is -3.57. The van der Waals surface area contributed by atoms with E-state index in [0.29, 0.717) is 18.7 Å². The second kappa shape index (κ2) is 8.61. The number of sulfonamides is 1. The molecule has 0 aromatic heterocycles. The van der Waals surface area contributed by atoms with Gasteiger partial charge in [-0.1, -0.05) is 0 Å². The Kier molecular flexibility index (Phi) is 6.74. The van der Waals surface area contributed by atoms with Gasteiger partial charge in [0, 0.05) is 30.7 Å². The summed E-state index contributed by atoms with van der Waals surface area (Å²) in [6.45, 7) is 5.13. The summed E-state index contributed by atoms with van der Waals surface area (Å²) >= 11 is 0. The summed E-state index contributed by atoms with van der Waals surface area (Å²) in [5.41, 5.74) is 5.60. The van der Waals surface area contributed by atoms with E-state index >= 15 is 0 Å². The number of rotatable bonds is 7. The normalized spacial score (nSPS) is 16.6. The number of amides is 2. The average Bonchev–Trinajstić information content (AvgIpc) is 2.55. The number of hydrogen-bond donors (Lipinski definition) is 3. The van der Waals surface area contributed by atoms with Crippen molar-refractivity contribution in [3.8, 4) is 0 Å². The highest BCUT2D eigenvalue weighted by atomic mass is 32.2. The lowest BCUT2D eigenvalue weighted by Crippen LogP contribution is -2.46. The van der Waals surface area contributed by atoms with Gasteiger partial charge in [-0.3, -0.25) is 14.5 Å². The Hall–Kier alpha value is -1.97. The molecule has 144 valence electrons. The first-order valence-corrected chi connectivity index (χ1v) is 10.1. The van der Waals surface area contributed by atoms with Crippen molar-refractivity contribution in [2.75, 3.05) is 19.6 Å². The molecule has 1 aliphatic rings. The van der Waals surface area contributed by atoms with E-state index in [1.165, 1.54) is 24.3 Å². The Balaban J connectivity index is 1.92. The first-order valence-electron chi connectivity index (χ1n) is 8.61. The molecular formula is C17H26N4O4S. The zero-order valence-corrected chi connectivity index (χ0v) is 15.9. The fourth-order valence-corrected chi connectivity index (χ4v) is 4.14. The molecular weight excluding hydrogens is 356 g/mol. The van der Waals surface area contributed by atoms with Gasteiger partial charge < -0.3 is 11.1 Å². The van der Waals surface area contributed by atoms with Gasteiger partial charge in [-0.2, -0.15) is 0 Å². The summed E-state index contributed by atoms with van der Waals surface area (Å²) in [4.78, 5) is 25.4. The van der Waals surface area contributed by atoms with E-state index in [9.17, 15) is 18.0 Å². The molecule has 1 aromatic carbocycles. The summed E-state index contributed by atoms with van der Waals surface area (Å²) in [6.07, 6.45) is 1.48. The van der Waals surface area contributed by atoms with Crippen LogP contribution in [0.4, 0.5) is 0 Å². The average molecular weight is 382 g/mol. The van der Waals surface area contributed by atoms with Crippen molar-refractivity contribution in [2.45, 2.75) is 43.7 Å². The Morgan fingerprint density at radius 2 is 1.77 bits per heavy atom. The summed E-state index contributed by atoms with van der Waals surface area (Å²) < 4.78 is 26.7.